The van der Waals surface area contributed by atoms with Crippen LogP contribution in [0.25, 0.3) is 22.3 Å². The first-order chi connectivity index (χ1) is 14.0. The van der Waals surface area contributed by atoms with Gasteiger partial charge >= 0.3 is 0 Å². The summed E-state index contributed by atoms with van der Waals surface area (Å²) in [6.07, 6.45) is 0.113. The fraction of sp³-hybridized carbons (Fsp3) is 0.130. The third kappa shape index (κ3) is 4.44. The smallest absolute Gasteiger partial charge is 0.230 e. The van der Waals surface area contributed by atoms with Gasteiger partial charge in [0, 0.05) is 10.6 Å². The number of fused-ring (bicyclic) bond motifs is 1. The third-order valence-corrected chi connectivity index (χ3v) is 4.68. The van der Waals surface area contributed by atoms with Crippen molar-refractivity contribution in [1.29, 1.82) is 0 Å². The van der Waals surface area contributed by atoms with Gasteiger partial charge in [0.25, 0.3) is 0 Å². The molecule has 1 heterocycles. The molecule has 0 spiro atoms. The van der Waals surface area contributed by atoms with E-state index in [-0.39, 0.29) is 6.10 Å². The quantitative estimate of drug-likeness (QED) is 0.340. The maximum atomic E-state index is 6.28. The van der Waals surface area contributed by atoms with Crippen LogP contribution in [0.15, 0.2) is 66.7 Å². The van der Waals surface area contributed by atoms with Crippen molar-refractivity contribution in [1.82, 2.24) is 9.97 Å². The van der Waals surface area contributed by atoms with Crippen LogP contribution in [0.4, 0.5) is 0 Å². The van der Waals surface area contributed by atoms with Crippen molar-refractivity contribution >= 4 is 34.1 Å². The van der Waals surface area contributed by atoms with E-state index in [1.807, 2.05) is 62.4 Å². The zero-order valence-electron chi connectivity index (χ0n) is 15.9. The van der Waals surface area contributed by atoms with Crippen LogP contribution in [0.2, 0.25) is 10.0 Å². The molecule has 0 radical (unpaired) electrons. The van der Waals surface area contributed by atoms with Gasteiger partial charge < -0.3 is 9.47 Å². The van der Waals surface area contributed by atoms with Gasteiger partial charge in [-0.15, -0.1) is 0 Å². The minimum Gasteiger partial charge on any atom is -0.491 e. The van der Waals surface area contributed by atoms with Crippen LogP contribution < -0.4 is 9.47 Å². The number of ether oxygens (including phenoxy) is 2. The number of rotatable bonds is 5. The molecular formula is C23H18Cl2N2O2. The monoisotopic (exact) mass is 424 g/mol. The predicted octanol–water partition coefficient (Wildman–Crippen LogP) is 7.18. The molecule has 4 rings (SSSR count). The maximum absolute atomic E-state index is 6.28. The molecule has 0 unspecified atom stereocenters. The minimum atomic E-state index is 0.113. The Kier molecular flexibility index (Phi) is 5.56. The summed E-state index contributed by atoms with van der Waals surface area (Å²) < 4.78 is 11.8. The summed E-state index contributed by atoms with van der Waals surface area (Å²) in [7, 11) is 0. The Morgan fingerprint density at radius 1 is 0.862 bits per heavy atom. The van der Waals surface area contributed by atoms with E-state index >= 15 is 0 Å². The highest BCUT2D eigenvalue weighted by atomic mass is 35.5. The van der Waals surface area contributed by atoms with Crippen molar-refractivity contribution in [3.8, 4) is 28.8 Å². The SMILES string of the molecule is CC(C)Oc1ccc(-c2nc(Oc3ccc(Cl)cc3Cl)c3ccccc3n2)cc1. The molecule has 29 heavy (non-hydrogen) atoms. The molecule has 146 valence electrons. The Morgan fingerprint density at radius 3 is 2.34 bits per heavy atom. The van der Waals surface area contributed by atoms with Crippen LogP contribution in [-0.4, -0.2) is 16.1 Å². The Labute approximate surface area is 179 Å². The first kappa shape index (κ1) is 19.5. The van der Waals surface area contributed by atoms with Gasteiger partial charge in [-0.3, -0.25) is 0 Å². The van der Waals surface area contributed by atoms with Crippen molar-refractivity contribution in [3.63, 3.8) is 0 Å². The van der Waals surface area contributed by atoms with E-state index in [4.69, 9.17) is 32.7 Å². The van der Waals surface area contributed by atoms with Crippen molar-refractivity contribution in [3.05, 3.63) is 76.8 Å². The summed E-state index contributed by atoms with van der Waals surface area (Å²) in [5.74, 6) is 2.26. The van der Waals surface area contributed by atoms with E-state index in [2.05, 4.69) is 9.97 Å². The van der Waals surface area contributed by atoms with Gasteiger partial charge in [0.1, 0.15) is 11.5 Å². The summed E-state index contributed by atoms with van der Waals surface area (Å²) >= 11 is 12.3. The molecule has 0 saturated carbocycles. The van der Waals surface area contributed by atoms with Crippen LogP contribution >= 0.6 is 23.2 Å². The van der Waals surface area contributed by atoms with E-state index < -0.39 is 0 Å². The average molecular weight is 425 g/mol. The third-order valence-electron chi connectivity index (χ3n) is 4.15. The summed E-state index contributed by atoms with van der Waals surface area (Å²) in [5, 5.41) is 1.75. The number of halogens is 2. The van der Waals surface area contributed by atoms with Crippen molar-refractivity contribution in [2.45, 2.75) is 20.0 Å². The van der Waals surface area contributed by atoms with E-state index in [1.54, 1.807) is 18.2 Å². The molecule has 0 aliphatic heterocycles. The number of hydrogen-bond donors (Lipinski definition) is 0. The molecule has 1 aromatic heterocycles. The summed E-state index contributed by atoms with van der Waals surface area (Å²) in [4.78, 5) is 9.34. The number of hydrogen-bond acceptors (Lipinski definition) is 4. The average Bonchev–Trinajstić information content (AvgIpc) is 2.70. The van der Waals surface area contributed by atoms with Gasteiger partial charge in [0.05, 0.1) is 22.0 Å². The summed E-state index contributed by atoms with van der Waals surface area (Å²) in [5.41, 5.74) is 1.64. The fourth-order valence-corrected chi connectivity index (χ4v) is 3.32. The van der Waals surface area contributed by atoms with Gasteiger partial charge in [0.15, 0.2) is 5.82 Å². The van der Waals surface area contributed by atoms with E-state index in [1.165, 1.54) is 0 Å². The molecule has 6 heteroatoms. The molecule has 0 fully saturated rings. The van der Waals surface area contributed by atoms with Gasteiger partial charge in [-0.05, 0) is 68.4 Å². The largest absolute Gasteiger partial charge is 0.491 e. The lowest BCUT2D eigenvalue weighted by molar-refractivity contribution is 0.242. The van der Waals surface area contributed by atoms with Crippen LogP contribution in [0.3, 0.4) is 0 Å². The predicted molar refractivity (Wildman–Crippen MR) is 117 cm³/mol. The lowest BCUT2D eigenvalue weighted by Crippen LogP contribution is -2.05. The molecular weight excluding hydrogens is 407 g/mol. The lowest BCUT2D eigenvalue weighted by Gasteiger charge is -2.12. The molecule has 4 nitrogen and oxygen atoms in total. The second-order valence-corrected chi connectivity index (χ2v) is 7.58. The van der Waals surface area contributed by atoms with E-state index in [9.17, 15) is 0 Å². The minimum absolute atomic E-state index is 0.113. The molecule has 4 aromatic rings. The van der Waals surface area contributed by atoms with Gasteiger partial charge in [-0.1, -0.05) is 35.3 Å². The molecule has 0 amide bonds. The first-order valence-electron chi connectivity index (χ1n) is 9.16. The first-order valence-corrected chi connectivity index (χ1v) is 9.92. The van der Waals surface area contributed by atoms with Crippen LogP contribution in [0.1, 0.15) is 13.8 Å². The number of aromatic nitrogens is 2. The van der Waals surface area contributed by atoms with Gasteiger partial charge in [-0.2, -0.15) is 4.98 Å². The summed E-state index contributed by atoms with van der Waals surface area (Å²) in [6, 6.07) is 20.4. The Balaban J connectivity index is 1.76. The zero-order valence-corrected chi connectivity index (χ0v) is 17.4. The van der Waals surface area contributed by atoms with Crippen molar-refractivity contribution in [2.75, 3.05) is 0 Å². The fourth-order valence-electron chi connectivity index (χ4n) is 2.87. The second-order valence-electron chi connectivity index (χ2n) is 6.74. The Bertz CT molecular complexity index is 1160. The van der Waals surface area contributed by atoms with Crippen LogP contribution in [0, 0.1) is 0 Å². The lowest BCUT2D eigenvalue weighted by atomic mass is 10.2. The van der Waals surface area contributed by atoms with E-state index in [0.717, 1.165) is 22.2 Å². The van der Waals surface area contributed by atoms with Crippen LogP contribution in [-0.2, 0) is 0 Å². The number of benzene rings is 3. The highest BCUT2D eigenvalue weighted by Gasteiger charge is 2.13. The van der Waals surface area contributed by atoms with E-state index in [0.29, 0.717) is 27.5 Å². The van der Waals surface area contributed by atoms with Gasteiger partial charge in [0.2, 0.25) is 5.88 Å². The molecule has 0 saturated heterocycles. The summed E-state index contributed by atoms with van der Waals surface area (Å²) in [6.45, 7) is 3.98. The highest BCUT2D eigenvalue weighted by Crippen LogP contribution is 2.35. The van der Waals surface area contributed by atoms with Crippen molar-refractivity contribution < 1.29 is 9.47 Å². The number of para-hydroxylation sites is 1. The number of nitrogens with zero attached hydrogens (tertiary/aromatic N) is 2. The molecule has 0 aliphatic rings. The van der Waals surface area contributed by atoms with Gasteiger partial charge in [-0.25, -0.2) is 4.98 Å². The Hall–Kier alpha value is -2.82. The Morgan fingerprint density at radius 2 is 1.62 bits per heavy atom. The molecule has 0 atom stereocenters. The van der Waals surface area contributed by atoms with Crippen molar-refractivity contribution in [2.24, 2.45) is 0 Å². The normalized spacial score (nSPS) is 11.1. The maximum Gasteiger partial charge on any atom is 0.230 e. The molecule has 0 bridgehead atoms. The molecule has 0 aliphatic carbocycles. The second kappa shape index (κ2) is 8.27. The highest BCUT2D eigenvalue weighted by molar-refractivity contribution is 6.35. The molecule has 3 aromatic carbocycles. The topological polar surface area (TPSA) is 44.2 Å². The standard InChI is InChI=1S/C23H18Cl2N2O2/c1-14(2)28-17-10-7-15(8-11-17)22-26-20-6-4-3-5-18(20)23(27-22)29-21-12-9-16(24)13-19(21)25/h3-14H,1-2H3. The van der Waals surface area contributed by atoms with Crippen LogP contribution in [0.5, 0.6) is 17.4 Å². The zero-order chi connectivity index (χ0) is 20.4. The molecule has 0 N–H and O–H groups in total.